The van der Waals surface area contributed by atoms with Crippen molar-refractivity contribution in [2.75, 3.05) is 6.61 Å². The van der Waals surface area contributed by atoms with Crippen LogP contribution in [0.2, 0.25) is 0 Å². The molecule has 0 aliphatic heterocycles. The predicted molar refractivity (Wildman–Crippen MR) is 225 cm³/mol. The Morgan fingerprint density at radius 1 is 0.380 bits per heavy atom. The fourth-order valence-corrected chi connectivity index (χ4v) is 6.74. The molecule has 0 heterocycles. The Hall–Kier alpha value is -1.57. The second-order valence-corrected chi connectivity index (χ2v) is 16.0. The molecule has 0 aliphatic carbocycles. The summed E-state index contributed by atoms with van der Waals surface area (Å²) >= 11 is 0. The van der Waals surface area contributed by atoms with E-state index in [0.29, 0.717) is 13.0 Å². The van der Waals surface area contributed by atoms with Crippen molar-refractivity contribution >= 4 is 5.97 Å². The molecule has 0 amide bonds. The van der Waals surface area contributed by atoms with Crippen molar-refractivity contribution in [1.82, 2.24) is 0 Å². The first-order valence-corrected chi connectivity index (χ1v) is 22.1. The molecular weight excluding hydrogens is 609 g/mol. The summed E-state index contributed by atoms with van der Waals surface area (Å²) in [6.45, 7) is 13.7. The van der Waals surface area contributed by atoms with E-state index in [1.807, 2.05) is 0 Å². The number of carbonyl (C=O) groups excluding carboxylic acids is 1. The van der Waals surface area contributed by atoms with E-state index in [4.69, 9.17) is 4.74 Å². The largest absolute Gasteiger partial charge is 0.461 e. The van der Waals surface area contributed by atoms with Gasteiger partial charge in [0.05, 0.1) is 0 Å². The molecule has 292 valence electrons. The monoisotopic (exact) mass is 697 g/mol. The van der Waals surface area contributed by atoms with Crippen LogP contribution in [0.5, 0.6) is 0 Å². The Kier molecular flexibility index (Phi) is 37.4. The third-order valence-electron chi connectivity index (χ3n) is 10.3. The Bertz CT molecular complexity index is 869. The van der Waals surface area contributed by atoms with Gasteiger partial charge in [0.1, 0.15) is 6.61 Å². The molecule has 0 N–H and O–H groups in total. The molecule has 0 aliphatic rings. The smallest absolute Gasteiger partial charge is 0.306 e. The Morgan fingerprint density at radius 3 is 1.02 bits per heavy atom. The number of unbranched alkanes of at least 4 members (excludes halogenated alkanes) is 24. The molecule has 0 atom stereocenters. The molecule has 0 aromatic heterocycles. The van der Waals surface area contributed by atoms with Gasteiger partial charge in [-0.15, -0.1) is 0 Å². The predicted octanol–water partition coefficient (Wildman–Crippen LogP) is 16.8. The third kappa shape index (κ3) is 39.2. The van der Waals surface area contributed by atoms with Crippen molar-refractivity contribution in [3.05, 3.63) is 46.6 Å². The molecule has 2 nitrogen and oxygen atoms in total. The van der Waals surface area contributed by atoms with Gasteiger partial charge >= 0.3 is 5.97 Å². The standard InChI is InChI=1S/C48H88O2/c1-7-8-9-10-11-12-13-14-15-16-17-18-19-20-21-22-23-24-25-26-27-28-29-30-31-41-48(49)50-43-42-47(6)40-34-39-46(5)38-33-37-45(4)36-32-35-44(2)3/h35,37,39,42H,7-34,36,38,40-41,43H2,1-6H3/b45-37+,46-39?,47-42+. The summed E-state index contributed by atoms with van der Waals surface area (Å²) in [6, 6.07) is 0. The normalized spacial score (nSPS) is 12.5. The van der Waals surface area contributed by atoms with Gasteiger partial charge in [-0.05, 0) is 85.6 Å². The van der Waals surface area contributed by atoms with Crippen LogP contribution >= 0.6 is 0 Å². The lowest BCUT2D eigenvalue weighted by Gasteiger charge is -2.05. The minimum Gasteiger partial charge on any atom is -0.461 e. The zero-order valence-electron chi connectivity index (χ0n) is 35.0. The lowest BCUT2D eigenvalue weighted by atomic mass is 10.0. The van der Waals surface area contributed by atoms with Gasteiger partial charge in [-0.2, -0.15) is 0 Å². The molecule has 0 rings (SSSR count). The Labute approximate surface area is 314 Å². The van der Waals surface area contributed by atoms with Crippen molar-refractivity contribution in [3.63, 3.8) is 0 Å². The van der Waals surface area contributed by atoms with Crippen LogP contribution in [0.4, 0.5) is 0 Å². The van der Waals surface area contributed by atoms with Crippen molar-refractivity contribution in [2.24, 2.45) is 0 Å². The number of hydrogen-bond acceptors (Lipinski definition) is 2. The van der Waals surface area contributed by atoms with Crippen LogP contribution in [0.15, 0.2) is 46.6 Å². The van der Waals surface area contributed by atoms with E-state index < -0.39 is 0 Å². The average Bonchev–Trinajstić information content (AvgIpc) is 3.08. The van der Waals surface area contributed by atoms with Gasteiger partial charge in [0.25, 0.3) is 0 Å². The van der Waals surface area contributed by atoms with E-state index in [-0.39, 0.29) is 5.97 Å². The van der Waals surface area contributed by atoms with E-state index in [2.05, 4.69) is 65.8 Å². The third-order valence-corrected chi connectivity index (χ3v) is 10.3. The van der Waals surface area contributed by atoms with Gasteiger partial charge in [-0.1, -0.05) is 202 Å². The topological polar surface area (TPSA) is 26.3 Å². The molecule has 0 spiro atoms. The highest BCUT2D eigenvalue weighted by Crippen LogP contribution is 2.17. The summed E-state index contributed by atoms with van der Waals surface area (Å²) in [7, 11) is 0. The van der Waals surface area contributed by atoms with Crippen molar-refractivity contribution in [1.29, 1.82) is 0 Å². The van der Waals surface area contributed by atoms with E-state index in [9.17, 15) is 4.79 Å². The van der Waals surface area contributed by atoms with Gasteiger partial charge in [-0.25, -0.2) is 0 Å². The highest BCUT2D eigenvalue weighted by Gasteiger charge is 2.02. The van der Waals surface area contributed by atoms with Crippen LogP contribution in [0.1, 0.15) is 247 Å². The fraction of sp³-hybridized carbons (Fsp3) is 0.812. The van der Waals surface area contributed by atoms with Crippen molar-refractivity contribution in [3.8, 4) is 0 Å². The van der Waals surface area contributed by atoms with Crippen LogP contribution in [0.25, 0.3) is 0 Å². The Morgan fingerprint density at radius 2 is 0.680 bits per heavy atom. The van der Waals surface area contributed by atoms with Gasteiger partial charge in [0, 0.05) is 6.42 Å². The molecule has 50 heavy (non-hydrogen) atoms. The zero-order chi connectivity index (χ0) is 36.8. The maximum Gasteiger partial charge on any atom is 0.306 e. The summed E-state index contributed by atoms with van der Waals surface area (Å²) in [5.74, 6) is -0.0388. The van der Waals surface area contributed by atoms with E-state index >= 15 is 0 Å². The molecule has 0 saturated carbocycles. The number of esters is 1. The number of ether oxygens (including phenoxy) is 1. The molecule has 0 saturated heterocycles. The molecule has 0 aromatic carbocycles. The number of allylic oxidation sites excluding steroid dienone is 7. The van der Waals surface area contributed by atoms with Crippen molar-refractivity contribution in [2.45, 2.75) is 247 Å². The summed E-state index contributed by atoms with van der Waals surface area (Å²) < 4.78 is 5.47. The molecule has 0 aromatic rings. The summed E-state index contributed by atoms with van der Waals surface area (Å²) in [5.41, 5.74) is 5.69. The van der Waals surface area contributed by atoms with Crippen LogP contribution in [0.3, 0.4) is 0 Å². The zero-order valence-corrected chi connectivity index (χ0v) is 35.0. The SMILES string of the molecule is CCCCCCCCCCCCCCCCCCCCCCCCCCCC(=O)OC/C=C(\C)CCC=C(C)CC/C=C(\C)CCC=C(C)C. The summed E-state index contributed by atoms with van der Waals surface area (Å²) in [6.07, 6.45) is 51.4. The van der Waals surface area contributed by atoms with E-state index in [1.165, 1.54) is 176 Å². The number of carbonyl (C=O) groups is 1. The summed E-state index contributed by atoms with van der Waals surface area (Å²) in [4.78, 5) is 12.1. The van der Waals surface area contributed by atoms with Crippen LogP contribution < -0.4 is 0 Å². The second kappa shape index (κ2) is 38.7. The van der Waals surface area contributed by atoms with Crippen molar-refractivity contribution < 1.29 is 9.53 Å². The fourth-order valence-electron chi connectivity index (χ4n) is 6.74. The molecular formula is C48H88O2. The highest BCUT2D eigenvalue weighted by molar-refractivity contribution is 5.69. The molecule has 0 radical (unpaired) electrons. The number of rotatable bonds is 37. The average molecular weight is 697 g/mol. The minimum atomic E-state index is -0.0388. The quantitative estimate of drug-likeness (QED) is 0.0367. The highest BCUT2D eigenvalue weighted by atomic mass is 16.5. The lowest BCUT2D eigenvalue weighted by Crippen LogP contribution is -2.04. The number of hydrogen-bond donors (Lipinski definition) is 0. The van der Waals surface area contributed by atoms with Crippen LogP contribution in [-0.2, 0) is 9.53 Å². The van der Waals surface area contributed by atoms with Crippen LogP contribution in [0, 0.1) is 0 Å². The first-order chi connectivity index (χ1) is 24.3. The molecule has 2 heteroatoms. The van der Waals surface area contributed by atoms with Gasteiger partial charge in [0.2, 0.25) is 0 Å². The molecule has 0 bridgehead atoms. The lowest BCUT2D eigenvalue weighted by molar-refractivity contribution is -0.142. The van der Waals surface area contributed by atoms with Gasteiger partial charge < -0.3 is 4.74 Å². The summed E-state index contributed by atoms with van der Waals surface area (Å²) in [5, 5.41) is 0. The van der Waals surface area contributed by atoms with Gasteiger partial charge in [-0.3, -0.25) is 4.79 Å². The molecule has 0 fully saturated rings. The van der Waals surface area contributed by atoms with Gasteiger partial charge in [0.15, 0.2) is 0 Å². The Balaban J connectivity index is 3.48. The first kappa shape index (κ1) is 48.4. The van der Waals surface area contributed by atoms with E-state index in [0.717, 1.165) is 44.9 Å². The maximum atomic E-state index is 12.1. The molecule has 0 unspecified atom stereocenters. The minimum absolute atomic E-state index is 0.0388. The second-order valence-electron chi connectivity index (χ2n) is 16.0. The first-order valence-electron chi connectivity index (χ1n) is 22.1. The van der Waals surface area contributed by atoms with E-state index in [1.54, 1.807) is 0 Å². The maximum absolute atomic E-state index is 12.1. The van der Waals surface area contributed by atoms with Crippen LogP contribution in [-0.4, -0.2) is 12.6 Å².